The summed E-state index contributed by atoms with van der Waals surface area (Å²) in [5.74, 6) is -2.39. The fourth-order valence-corrected chi connectivity index (χ4v) is 3.48. The maximum absolute atomic E-state index is 12.9. The van der Waals surface area contributed by atoms with E-state index >= 15 is 0 Å². The van der Waals surface area contributed by atoms with Crippen molar-refractivity contribution in [1.29, 1.82) is 0 Å². The van der Waals surface area contributed by atoms with Crippen LogP contribution in [0.4, 0.5) is 0 Å². The molecule has 5 nitrogen and oxygen atoms in total. The molecule has 4 atom stereocenters. The van der Waals surface area contributed by atoms with Gasteiger partial charge in [-0.15, -0.1) is 0 Å². The molecule has 0 heterocycles. The first kappa shape index (κ1) is 22.8. The van der Waals surface area contributed by atoms with E-state index in [1.807, 2.05) is 34.6 Å². The van der Waals surface area contributed by atoms with Crippen LogP contribution < -0.4 is 0 Å². The van der Waals surface area contributed by atoms with Gasteiger partial charge in [0.25, 0.3) is 0 Å². The maximum atomic E-state index is 12.9. The van der Waals surface area contributed by atoms with Crippen molar-refractivity contribution in [2.45, 2.75) is 85.4 Å². The van der Waals surface area contributed by atoms with Crippen molar-refractivity contribution in [3.05, 3.63) is 11.3 Å². The largest absolute Gasteiger partial charge is 0.508 e. The van der Waals surface area contributed by atoms with Gasteiger partial charge in [0.15, 0.2) is 17.2 Å². The molecule has 1 aliphatic carbocycles. The zero-order valence-electron chi connectivity index (χ0n) is 17.1. The number of allylic oxidation sites excluding steroid dienone is 1. The van der Waals surface area contributed by atoms with E-state index < -0.39 is 40.9 Å². The minimum atomic E-state index is -2.07. The quantitative estimate of drug-likeness (QED) is 0.512. The molecule has 0 fully saturated rings. The predicted molar refractivity (Wildman–Crippen MR) is 102 cm³/mol. The average molecular weight is 369 g/mol. The van der Waals surface area contributed by atoms with Gasteiger partial charge in [0, 0.05) is 5.92 Å². The van der Waals surface area contributed by atoms with Crippen LogP contribution in [0.3, 0.4) is 0 Å². The van der Waals surface area contributed by atoms with Crippen molar-refractivity contribution in [1.82, 2.24) is 0 Å². The molecule has 1 rings (SSSR count). The number of Topliss-reactive ketones (excluding diaryl/α,β-unsaturated/α-hetero) is 2. The Kier molecular flexibility index (Phi) is 8.03. The predicted octanol–water partition coefficient (Wildman–Crippen LogP) is 3.58. The van der Waals surface area contributed by atoms with Gasteiger partial charge in [0.05, 0.1) is 12.0 Å². The molecule has 0 aromatic heterocycles. The van der Waals surface area contributed by atoms with Gasteiger partial charge < -0.3 is 15.3 Å². The summed E-state index contributed by atoms with van der Waals surface area (Å²) in [4.78, 5) is 25.6. The van der Waals surface area contributed by atoms with Crippen molar-refractivity contribution < 1.29 is 24.9 Å². The van der Waals surface area contributed by atoms with E-state index in [0.29, 0.717) is 37.5 Å². The van der Waals surface area contributed by atoms with Crippen LogP contribution in [0, 0.1) is 23.7 Å². The minimum absolute atomic E-state index is 0.258. The third kappa shape index (κ3) is 4.55. The van der Waals surface area contributed by atoms with Gasteiger partial charge in [-0.25, -0.2) is 0 Å². The number of ketones is 2. The van der Waals surface area contributed by atoms with Gasteiger partial charge in [0.2, 0.25) is 0 Å². The molecule has 0 bridgehead atoms. The number of hydrogen-bond acceptors (Lipinski definition) is 5. The van der Waals surface area contributed by atoms with Gasteiger partial charge in [-0.2, -0.15) is 0 Å². The van der Waals surface area contributed by atoms with E-state index in [-0.39, 0.29) is 12.0 Å². The highest BCUT2D eigenvalue weighted by Gasteiger charge is 2.58. The van der Waals surface area contributed by atoms with Crippen LogP contribution in [0.5, 0.6) is 0 Å². The van der Waals surface area contributed by atoms with Gasteiger partial charge in [-0.05, 0) is 37.5 Å². The Hall–Kier alpha value is -1.20. The Morgan fingerprint density at radius 2 is 1.62 bits per heavy atom. The molecular formula is C21H36O5. The van der Waals surface area contributed by atoms with Crippen LogP contribution in [-0.4, -0.2) is 38.6 Å². The van der Waals surface area contributed by atoms with Crippen LogP contribution in [0.1, 0.15) is 73.6 Å². The monoisotopic (exact) mass is 368 g/mol. The van der Waals surface area contributed by atoms with Gasteiger partial charge in [0.1, 0.15) is 11.3 Å². The third-order valence-corrected chi connectivity index (χ3v) is 5.57. The number of hydrogen-bond donors (Lipinski definition) is 3. The molecule has 1 aliphatic rings. The Morgan fingerprint density at radius 1 is 1.08 bits per heavy atom. The van der Waals surface area contributed by atoms with Gasteiger partial charge in [-0.3, -0.25) is 9.59 Å². The third-order valence-electron chi connectivity index (χ3n) is 5.57. The summed E-state index contributed by atoms with van der Waals surface area (Å²) < 4.78 is 0. The summed E-state index contributed by atoms with van der Waals surface area (Å²) >= 11 is 0. The SMILES string of the molecule is CCC(C)C(=O)C1=C(O)[C@@](O)([C@@H](O)CCC(C)C)[C@H](CCC(C)C)C1=O. The molecule has 0 aliphatic heterocycles. The number of rotatable bonds is 10. The average Bonchev–Trinajstić information content (AvgIpc) is 2.76. The highest BCUT2D eigenvalue weighted by Crippen LogP contribution is 2.44. The molecule has 0 aromatic carbocycles. The summed E-state index contributed by atoms with van der Waals surface area (Å²) in [7, 11) is 0. The lowest BCUT2D eigenvalue weighted by atomic mass is 9.78. The first-order chi connectivity index (χ1) is 12.0. The molecule has 0 aromatic rings. The lowest BCUT2D eigenvalue weighted by Gasteiger charge is -2.34. The number of carbonyl (C=O) groups excluding carboxylic acids is 2. The zero-order chi connectivity index (χ0) is 20.2. The molecule has 1 unspecified atom stereocenters. The summed E-state index contributed by atoms with van der Waals surface area (Å²) in [6.07, 6.45) is 1.15. The highest BCUT2D eigenvalue weighted by molar-refractivity contribution is 6.24. The summed E-state index contributed by atoms with van der Waals surface area (Å²) in [5, 5.41) is 32.6. The van der Waals surface area contributed by atoms with E-state index in [1.54, 1.807) is 6.92 Å². The molecule has 0 radical (unpaired) electrons. The van der Waals surface area contributed by atoms with Crippen LogP contribution in [-0.2, 0) is 9.59 Å². The van der Waals surface area contributed by atoms with Crippen LogP contribution in [0.2, 0.25) is 0 Å². The molecular weight excluding hydrogens is 332 g/mol. The van der Waals surface area contributed by atoms with Crippen LogP contribution in [0.25, 0.3) is 0 Å². The molecule has 0 saturated heterocycles. The molecule has 3 N–H and O–H groups in total. The molecule has 0 saturated carbocycles. The molecule has 0 amide bonds. The number of aliphatic hydroxyl groups excluding tert-OH is 2. The normalized spacial score (nSPS) is 26.1. The number of aliphatic hydroxyl groups is 3. The molecule has 0 spiro atoms. The number of carbonyl (C=O) groups is 2. The minimum Gasteiger partial charge on any atom is -0.508 e. The van der Waals surface area contributed by atoms with E-state index in [9.17, 15) is 24.9 Å². The van der Waals surface area contributed by atoms with E-state index in [4.69, 9.17) is 0 Å². The Balaban J connectivity index is 3.29. The topological polar surface area (TPSA) is 94.8 Å². The van der Waals surface area contributed by atoms with Crippen LogP contribution in [0.15, 0.2) is 11.3 Å². The van der Waals surface area contributed by atoms with Gasteiger partial charge in [-0.1, -0.05) is 48.0 Å². The standard InChI is InChI=1S/C21H36O5/c1-7-14(6)18(23)17-19(24)15(10-8-12(2)3)21(26,20(17)25)16(22)11-9-13(4)5/h12-16,22,25-26H,7-11H2,1-6H3/t14?,15-,16+,21+/m1/s1. The van der Waals surface area contributed by atoms with E-state index in [2.05, 4.69) is 0 Å². The Bertz CT molecular complexity index is 549. The van der Waals surface area contributed by atoms with Crippen molar-refractivity contribution in [2.75, 3.05) is 0 Å². The molecule has 5 heteroatoms. The molecule has 26 heavy (non-hydrogen) atoms. The van der Waals surface area contributed by atoms with Crippen molar-refractivity contribution >= 4 is 11.6 Å². The first-order valence-electron chi connectivity index (χ1n) is 9.90. The van der Waals surface area contributed by atoms with E-state index in [0.717, 1.165) is 0 Å². The maximum Gasteiger partial charge on any atom is 0.176 e. The summed E-state index contributed by atoms with van der Waals surface area (Å²) in [6.45, 7) is 11.5. The Labute approximate surface area is 157 Å². The van der Waals surface area contributed by atoms with Crippen molar-refractivity contribution in [2.24, 2.45) is 23.7 Å². The van der Waals surface area contributed by atoms with Crippen molar-refractivity contribution in [3.63, 3.8) is 0 Å². The highest BCUT2D eigenvalue weighted by atomic mass is 16.4. The van der Waals surface area contributed by atoms with Crippen LogP contribution >= 0.6 is 0 Å². The smallest absolute Gasteiger partial charge is 0.176 e. The Morgan fingerprint density at radius 3 is 2.08 bits per heavy atom. The lowest BCUT2D eigenvalue weighted by Crippen LogP contribution is -2.49. The van der Waals surface area contributed by atoms with Crippen molar-refractivity contribution in [3.8, 4) is 0 Å². The van der Waals surface area contributed by atoms with E-state index in [1.165, 1.54) is 0 Å². The second kappa shape index (κ2) is 9.14. The zero-order valence-corrected chi connectivity index (χ0v) is 17.1. The summed E-state index contributed by atoms with van der Waals surface area (Å²) in [5.41, 5.74) is -2.38. The first-order valence-corrected chi connectivity index (χ1v) is 9.90. The fraction of sp³-hybridized carbons (Fsp3) is 0.810. The second-order valence-electron chi connectivity index (χ2n) is 8.60. The summed E-state index contributed by atoms with van der Waals surface area (Å²) in [6, 6.07) is 0. The lowest BCUT2D eigenvalue weighted by molar-refractivity contribution is -0.137. The van der Waals surface area contributed by atoms with Gasteiger partial charge >= 0.3 is 0 Å². The molecule has 150 valence electrons. The fourth-order valence-electron chi connectivity index (χ4n) is 3.48. The second-order valence-corrected chi connectivity index (χ2v) is 8.60.